The van der Waals surface area contributed by atoms with Gasteiger partial charge in [-0.2, -0.15) is 5.10 Å². The van der Waals surface area contributed by atoms with Crippen LogP contribution in [-0.4, -0.2) is 6.21 Å². The first-order valence-electron chi connectivity index (χ1n) is 1.66. The molecule has 0 radical (unpaired) electrons. The highest BCUT2D eigenvalue weighted by Gasteiger charge is 1.65. The van der Waals surface area contributed by atoms with Crippen molar-refractivity contribution in [1.29, 1.82) is 0 Å². The lowest BCUT2D eigenvalue weighted by atomic mass is 10.4. The molecule has 0 saturated carbocycles. The summed E-state index contributed by atoms with van der Waals surface area (Å²) in [5, 5.41) is 3.21. The number of allylic oxidation sites excluding steroid dienone is 1. The van der Waals surface area contributed by atoms with E-state index in [1.54, 1.807) is 0 Å². The fourth-order valence-electron chi connectivity index (χ4n) is 0.127. The lowest BCUT2D eigenvalue weighted by Gasteiger charge is -1.75. The molecule has 0 aromatic carbocycles. The van der Waals surface area contributed by atoms with Crippen LogP contribution < -0.4 is 5.84 Å². The van der Waals surface area contributed by atoms with Gasteiger partial charge in [-0.15, -0.1) is 0 Å². The summed E-state index contributed by atoms with van der Waals surface area (Å²) in [5.41, 5.74) is 0.873. The maximum Gasteiger partial charge on any atom is 0.0488 e. The number of hydrogen-bond donors (Lipinski definition) is 1. The van der Waals surface area contributed by atoms with E-state index in [-0.39, 0.29) is 0 Å². The molecule has 2 nitrogen and oxygen atoms in total. The zero-order valence-electron chi connectivity index (χ0n) is 3.81. The maximum atomic E-state index is 4.74. The molecule has 2 N–H and O–H groups in total. The van der Waals surface area contributed by atoms with Crippen molar-refractivity contribution in [2.24, 2.45) is 10.9 Å². The first kappa shape index (κ1) is 5.21. The van der Waals surface area contributed by atoms with Gasteiger partial charge in [0.15, 0.2) is 0 Å². The summed E-state index contributed by atoms with van der Waals surface area (Å²) in [6.45, 7) is 5.35. The molecule has 0 aromatic rings. The molecule has 0 saturated heterocycles. The molecule has 0 amide bonds. The highest BCUT2D eigenvalue weighted by atomic mass is 15.1. The van der Waals surface area contributed by atoms with Gasteiger partial charge in [0.1, 0.15) is 0 Å². The Morgan fingerprint density at radius 1 is 2.00 bits per heavy atom. The Morgan fingerprint density at radius 3 is 2.50 bits per heavy atom. The second-order valence-corrected chi connectivity index (χ2v) is 1.12. The van der Waals surface area contributed by atoms with Crippen molar-refractivity contribution in [1.82, 2.24) is 0 Å². The topological polar surface area (TPSA) is 38.4 Å². The average Bonchev–Trinajstić information content (AvgIpc) is 1.35. The van der Waals surface area contributed by atoms with Crippen molar-refractivity contribution in [2.45, 2.75) is 6.92 Å². The predicted octanol–water partition coefficient (Wildman–Crippen LogP) is 0.507. The van der Waals surface area contributed by atoms with E-state index >= 15 is 0 Å². The number of nitrogens with zero attached hydrogens (tertiary/aromatic N) is 1. The van der Waals surface area contributed by atoms with E-state index in [0.29, 0.717) is 0 Å². The van der Waals surface area contributed by atoms with Crippen LogP contribution in [0.5, 0.6) is 0 Å². The molecule has 0 aliphatic carbocycles. The fourth-order valence-corrected chi connectivity index (χ4v) is 0.127. The van der Waals surface area contributed by atoms with Gasteiger partial charge >= 0.3 is 0 Å². The van der Waals surface area contributed by atoms with Crippen LogP contribution in [0.4, 0.5) is 0 Å². The van der Waals surface area contributed by atoms with Crippen LogP contribution in [0.15, 0.2) is 17.3 Å². The zero-order valence-corrected chi connectivity index (χ0v) is 3.81. The highest BCUT2D eigenvalue weighted by molar-refractivity contribution is 5.76. The van der Waals surface area contributed by atoms with Crippen LogP contribution in [0.1, 0.15) is 6.92 Å². The highest BCUT2D eigenvalue weighted by Crippen LogP contribution is 1.73. The Kier molecular flexibility index (Phi) is 2.13. The van der Waals surface area contributed by atoms with E-state index in [2.05, 4.69) is 11.7 Å². The molecule has 0 aliphatic rings. The summed E-state index contributed by atoms with van der Waals surface area (Å²) >= 11 is 0. The lowest BCUT2D eigenvalue weighted by molar-refractivity contribution is 1.26. The number of hydrazone groups is 1. The molecule has 34 valence electrons. The smallest absolute Gasteiger partial charge is 0.0488 e. The first-order valence-corrected chi connectivity index (χ1v) is 1.66. The van der Waals surface area contributed by atoms with Crippen molar-refractivity contribution in [3.8, 4) is 0 Å². The largest absolute Gasteiger partial charge is 0.323 e. The van der Waals surface area contributed by atoms with Crippen molar-refractivity contribution < 1.29 is 0 Å². The SMILES string of the molecule is C=C(C)C=NN. The monoisotopic (exact) mass is 84.1 g/mol. The van der Waals surface area contributed by atoms with Gasteiger partial charge in [0.05, 0.1) is 0 Å². The standard InChI is InChI=1S/C4H8N2/c1-4(2)3-6-5/h3H,1,5H2,2H3. The molecule has 0 fully saturated rings. The summed E-state index contributed by atoms with van der Waals surface area (Å²) in [4.78, 5) is 0. The molecule has 0 aliphatic heterocycles. The average molecular weight is 84.1 g/mol. The van der Waals surface area contributed by atoms with Crippen LogP contribution in [0, 0.1) is 0 Å². The first-order chi connectivity index (χ1) is 2.77. The summed E-state index contributed by atoms with van der Waals surface area (Å²) < 4.78 is 0. The Morgan fingerprint density at radius 2 is 2.50 bits per heavy atom. The minimum atomic E-state index is 0.873. The minimum absolute atomic E-state index is 0.873. The molecular weight excluding hydrogens is 76.1 g/mol. The third-order valence-electron chi connectivity index (χ3n) is 0.295. The van der Waals surface area contributed by atoms with Gasteiger partial charge < -0.3 is 5.84 Å². The van der Waals surface area contributed by atoms with E-state index in [1.165, 1.54) is 6.21 Å². The van der Waals surface area contributed by atoms with E-state index in [4.69, 9.17) is 5.84 Å². The van der Waals surface area contributed by atoms with E-state index in [0.717, 1.165) is 5.57 Å². The summed E-state index contributed by atoms with van der Waals surface area (Å²) in [7, 11) is 0. The van der Waals surface area contributed by atoms with E-state index in [1.807, 2.05) is 6.92 Å². The molecule has 0 unspecified atom stereocenters. The number of rotatable bonds is 1. The van der Waals surface area contributed by atoms with Crippen LogP contribution in [0.2, 0.25) is 0 Å². The fraction of sp³-hybridized carbons (Fsp3) is 0.250. The van der Waals surface area contributed by atoms with Crippen molar-refractivity contribution in [2.75, 3.05) is 0 Å². The van der Waals surface area contributed by atoms with Crippen LogP contribution in [0.25, 0.3) is 0 Å². The van der Waals surface area contributed by atoms with E-state index in [9.17, 15) is 0 Å². The summed E-state index contributed by atoms with van der Waals surface area (Å²) in [6.07, 6.45) is 1.50. The molecule has 0 rings (SSSR count). The maximum absolute atomic E-state index is 4.74. The third kappa shape index (κ3) is 3.21. The number of nitrogens with two attached hydrogens (primary N) is 1. The van der Waals surface area contributed by atoms with Crippen molar-refractivity contribution >= 4 is 6.21 Å². The molecule has 6 heavy (non-hydrogen) atoms. The summed E-state index contributed by atoms with van der Waals surface area (Å²) in [6, 6.07) is 0. The Bertz CT molecular complexity index is 73.6. The normalized spacial score (nSPS) is 9.50. The third-order valence-corrected chi connectivity index (χ3v) is 0.295. The minimum Gasteiger partial charge on any atom is -0.323 e. The van der Waals surface area contributed by atoms with Gasteiger partial charge in [0, 0.05) is 6.21 Å². The second kappa shape index (κ2) is 2.45. The van der Waals surface area contributed by atoms with Crippen LogP contribution in [0.3, 0.4) is 0 Å². The molecule has 0 aromatic heterocycles. The Balaban J connectivity index is 3.30. The zero-order chi connectivity index (χ0) is 4.99. The van der Waals surface area contributed by atoms with Crippen molar-refractivity contribution in [3.05, 3.63) is 12.2 Å². The Labute approximate surface area is 37.3 Å². The van der Waals surface area contributed by atoms with Crippen molar-refractivity contribution in [3.63, 3.8) is 0 Å². The van der Waals surface area contributed by atoms with Gasteiger partial charge in [-0.05, 0) is 12.5 Å². The molecular formula is C4H8N2. The molecule has 2 heteroatoms. The van der Waals surface area contributed by atoms with Gasteiger partial charge in [-0.25, -0.2) is 0 Å². The second-order valence-electron chi connectivity index (χ2n) is 1.12. The van der Waals surface area contributed by atoms with Gasteiger partial charge in [0.25, 0.3) is 0 Å². The molecule has 0 heterocycles. The molecule has 0 atom stereocenters. The molecule has 0 bridgehead atoms. The number of hydrogen-bond acceptors (Lipinski definition) is 2. The van der Waals surface area contributed by atoms with Gasteiger partial charge in [-0.3, -0.25) is 0 Å². The molecule has 0 spiro atoms. The van der Waals surface area contributed by atoms with Gasteiger partial charge in [0.2, 0.25) is 0 Å². The van der Waals surface area contributed by atoms with Crippen LogP contribution in [-0.2, 0) is 0 Å². The summed E-state index contributed by atoms with van der Waals surface area (Å²) in [5.74, 6) is 4.74. The van der Waals surface area contributed by atoms with Gasteiger partial charge in [-0.1, -0.05) is 6.58 Å². The lowest BCUT2D eigenvalue weighted by Crippen LogP contribution is -1.81. The van der Waals surface area contributed by atoms with E-state index < -0.39 is 0 Å². The quantitative estimate of drug-likeness (QED) is 0.280. The van der Waals surface area contributed by atoms with Crippen LogP contribution >= 0.6 is 0 Å². The Hall–Kier alpha value is -0.790. The predicted molar refractivity (Wildman–Crippen MR) is 27.5 cm³/mol.